The molecular formula is C17H19Cl2NO. The molecule has 4 heteroatoms. The van der Waals surface area contributed by atoms with Gasteiger partial charge in [-0.15, -0.1) is 0 Å². The van der Waals surface area contributed by atoms with Crippen LogP contribution in [-0.4, -0.2) is 5.91 Å². The van der Waals surface area contributed by atoms with E-state index in [4.69, 9.17) is 23.2 Å². The second-order valence-corrected chi connectivity index (χ2v) is 7.64. The van der Waals surface area contributed by atoms with Crippen molar-refractivity contribution in [3.63, 3.8) is 0 Å². The third kappa shape index (κ3) is 2.11. The monoisotopic (exact) mass is 323 g/mol. The molecule has 0 aliphatic heterocycles. The summed E-state index contributed by atoms with van der Waals surface area (Å²) in [6.07, 6.45) is 2.88. The van der Waals surface area contributed by atoms with Gasteiger partial charge < -0.3 is 5.32 Å². The number of benzene rings is 1. The molecule has 3 rings (SSSR count). The van der Waals surface area contributed by atoms with E-state index in [2.05, 4.69) is 25.7 Å². The van der Waals surface area contributed by atoms with E-state index in [1.165, 1.54) is 0 Å². The zero-order valence-electron chi connectivity index (χ0n) is 12.3. The molecule has 1 aromatic carbocycles. The minimum Gasteiger partial charge on any atom is -0.324 e. The van der Waals surface area contributed by atoms with Crippen LogP contribution in [0.15, 0.2) is 30.4 Å². The van der Waals surface area contributed by atoms with Crippen molar-refractivity contribution in [2.75, 3.05) is 5.32 Å². The van der Waals surface area contributed by atoms with Crippen molar-refractivity contribution in [1.29, 1.82) is 0 Å². The molecule has 1 aromatic rings. The van der Waals surface area contributed by atoms with Crippen LogP contribution in [0.1, 0.15) is 33.1 Å². The number of amides is 1. The van der Waals surface area contributed by atoms with E-state index in [0.717, 1.165) is 24.8 Å². The van der Waals surface area contributed by atoms with Crippen LogP contribution in [0.4, 0.5) is 5.69 Å². The summed E-state index contributed by atoms with van der Waals surface area (Å²) in [4.78, 5) is 12.9. The molecule has 2 atom stereocenters. The van der Waals surface area contributed by atoms with E-state index in [9.17, 15) is 4.79 Å². The van der Waals surface area contributed by atoms with Crippen molar-refractivity contribution in [1.82, 2.24) is 0 Å². The van der Waals surface area contributed by atoms with E-state index in [0.29, 0.717) is 21.7 Å². The van der Waals surface area contributed by atoms with E-state index < -0.39 is 5.41 Å². The Morgan fingerprint density at radius 1 is 1.38 bits per heavy atom. The summed E-state index contributed by atoms with van der Waals surface area (Å²) in [5.41, 5.74) is 1.28. The van der Waals surface area contributed by atoms with Crippen molar-refractivity contribution in [2.24, 2.45) is 16.7 Å². The topological polar surface area (TPSA) is 29.1 Å². The van der Waals surface area contributed by atoms with Gasteiger partial charge in [-0.25, -0.2) is 0 Å². The van der Waals surface area contributed by atoms with Crippen LogP contribution in [0.2, 0.25) is 10.0 Å². The summed E-state index contributed by atoms with van der Waals surface area (Å²) in [5, 5.41) is 4.00. The number of rotatable bonds is 2. The first-order valence-corrected chi connectivity index (χ1v) is 7.99. The lowest BCUT2D eigenvalue weighted by Gasteiger charge is -2.37. The maximum Gasteiger partial charge on any atom is 0.234 e. The van der Waals surface area contributed by atoms with Gasteiger partial charge in [0.1, 0.15) is 0 Å². The van der Waals surface area contributed by atoms with Crippen molar-refractivity contribution in [3.8, 4) is 0 Å². The molecule has 0 spiro atoms. The number of nitrogens with one attached hydrogen (secondary N) is 1. The number of carbonyl (C=O) groups is 1. The molecule has 0 aromatic heterocycles. The Labute approximate surface area is 135 Å². The number of anilines is 1. The van der Waals surface area contributed by atoms with Crippen molar-refractivity contribution < 1.29 is 4.79 Å². The molecule has 112 valence electrons. The molecular weight excluding hydrogens is 305 g/mol. The standard InChI is InChI=1S/C17H19Cl2NO/c1-10-16(2,3)11-6-7-17(10,9-11)15(21)20-14-5-4-12(18)8-13(14)19/h4-5,8,11H,1,6-7,9H2,2-3H3,(H,20,21)/t11-,17-/m0/s1. The number of hydrogen-bond acceptors (Lipinski definition) is 1. The Kier molecular flexibility index (Phi) is 3.38. The molecule has 1 amide bonds. The van der Waals surface area contributed by atoms with Crippen molar-refractivity contribution in [2.45, 2.75) is 33.1 Å². The normalized spacial score (nSPS) is 29.7. The number of halogens is 2. The maximum absolute atomic E-state index is 12.9. The molecule has 2 nitrogen and oxygen atoms in total. The summed E-state index contributed by atoms with van der Waals surface area (Å²) in [7, 11) is 0. The van der Waals surface area contributed by atoms with Gasteiger partial charge in [0.2, 0.25) is 5.91 Å². The zero-order chi connectivity index (χ0) is 15.4. The summed E-state index contributed by atoms with van der Waals surface area (Å²) >= 11 is 12.0. The van der Waals surface area contributed by atoms with Gasteiger partial charge in [-0.05, 0) is 48.8 Å². The predicted molar refractivity (Wildman–Crippen MR) is 87.8 cm³/mol. The SMILES string of the molecule is C=C1C(C)(C)[C@H]2CC[C@]1(C(=O)Nc1ccc(Cl)cc1Cl)C2. The average molecular weight is 324 g/mol. The molecule has 0 radical (unpaired) electrons. The fourth-order valence-corrected chi connectivity index (χ4v) is 4.43. The minimum atomic E-state index is -0.433. The molecule has 1 N–H and O–H groups in total. The highest BCUT2D eigenvalue weighted by Gasteiger charge is 2.60. The Morgan fingerprint density at radius 3 is 2.67 bits per heavy atom. The molecule has 2 aliphatic rings. The van der Waals surface area contributed by atoms with Gasteiger partial charge in [0, 0.05) is 5.02 Å². The van der Waals surface area contributed by atoms with E-state index in [-0.39, 0.29) is 11.3 Å². The second-order valence-electron chi connectivity index (χ2n) is 6.80. The lowest BCUT2D eigenvalue weighted by molar-refractivity contribution is -0.123. The summed E-state index contributed by atoms with van der Waals surface area (Å²) < 4.78 is 0. The third-order valence-electron chi connectivity index (χ3n) is 5.50. The van der Waals surface area contributed by atoms with Crippen LogP contribution < -0.4 is 5.32 Å². The number of fused-ring (bicyclic) bond motifs is 2. The highest BCUT2D eigenvalue weighted by molar-refractivity contribution is 6.36. The molecule has 0 heterocycles. The average Bonchev–Trinajstić information content (AvgIpc) is 2.93. The van der Waals surface area contributed by atoms with Gasteiger partial charge in [0.15, 0.2) is 0 Å². The van der Waals surface area contributed by atoms with Crippen LogP contribution in [-0.2, 0) is 4.79 Å². The van der Waals surface area contributed by atoms with E-state index >= 15 is 0 Å². The zero-order valence-corrected chi connectivity index (χ0v) is 13.8. The largest absolute Gasteiger partial charge is 0.324 e. The smallest absolute Gasteiger partial charge is 0.234 e. The van der Waals surface area contributed by atoms with Crippen LogP contribution in [0.3, 0.4) is 0 Å². The summed E-state index contributed by atoms with van der Waals surface area (Å²) in [5.74, 6) is 0.571. The number of carbonyl (C=O) groups excluding carboxylic acids is 1. The van der Waals surface area contributed by atoms with Gasteiger partial charge in [-0.2, -0.15) is 0 Å². The Balaban J connectivity index is 1.88. The van der Waals surface area contributed by atoms with Crippen LogP contribution in [0.25, 0.3) is 0 Å². The van der Waals surface area contributed by atoms with Gasteiger partial charge in [-0.3, -0.25) is 4.79 Å². The first-order valence-electron chi connectivity index (χ1n) is 7.24. The Morgan fingerprint density at radius 2 is 2.10 bits per heavy atom. The molecule has 2 aliphatic carbocycles. The highest BCUT2D eigenvalue weighted by atomic mass is 35.5. The Hall–Kier alpha value is -0.990. The molecule has 2 fully saturated rings. The molecule has 0 saturated heterocycles. The fraction of sp³-hybridized carbons (Fsp3) is 0.471. The molecule has 2 bridgehead atoms. The Bertz CT molecular complexity index is 638. The van der Waals surface area contributed by atoms with Gasteiger partial charge >= 0.3 is 0 Å². The van der Waals surface area contributed by atoms with Crippen LogP contribution in [0.5, 0.6) is 0 Å². The van der Waals surface area contributed by atoms with Gasteiger partial charge in [0.05, 0.1) is 16.1 Å². The van der Waals surface area contributed by atoms with Gasteiger partial charge in [-0.1, -0.05) is 49.2 Å². The third-order valence-corrected chi connectivity index (χ3v) is 6.05. The van der Waals surface area contributed by atoms with Crippen LogP contribution in [0, 0.1) is 16.7 Å². The summed E-state index contributed by atoms with van der Waals surface area (Å²) in [6, 6.07) is 5.11. The lowest BCUT2D eigenvalue weighted by Crippen LogP contribution is -2.37. The lowest BCUT2D eigenvalue weighted by atomic mass is 9.68. The maximum atomic E-state index is 12.9. The van der Waals surface area contributed by atoms with Crippen LogP contribution >= 0.6 is 23.2 Å². The highest BCUT2D eigenvalue weighted by Crippen LogP contribution is 2.65. The van der Waals surface area contributed by atoms with Crippen molar-refractivity contribution in [3.05, 3.63) is 40.4 Å². The van der Waals surface area contributed by atoms with Gasteiger partial charge in [0.25, 0.3) is 0 Å². The minimum absolute atomic E-state index is 0.0183. The fourth-order valence-electron chi connectivity index (χ4n) is 3.97. The molecule has 21 heavy (non-hydrogen) atoms. The summed E-state index contributed by atoms with van der Waals surface area (Å²) in [6.45, 7) is 8.64. The second kappa shape index (κ2) is 4.76. The first kappa shape index (κ1) is 14.9. The van der Waals surface area contributed by atoms with Crippen molar-refractivity contribution >= 4 is 34.8 Å². The van der Waals surface area contributed by atoms with E-state index in [1.54, 1.807) is 18.2 Å². The predicted octanol–water partition coefficient (Wildman–Crippen LogP) is 5.31. The quantitative estimate of drug-likeness (QED) is 0.734. The molecule has 2 saturated carbocycles. The molecule has 0 unspecified atom stereocenters. The van der Waals surface area contributed by atoms with E-state index in [1.807, 2.05) is 0 Å². The number of hydrogen-bond donors (Lipinski definition) is 1. The first-order chi connectivity index (χ1) is 9.77.